The Hall–Kier alpha value is -0.820. The summed E-state index contributed by atoms with van der Waals surface area (Å²) in [5.41, 5.74) is 3.09. The van der Waals surface area contributed by atoms with Crippen molar-refractivity contribution in [1.82, 2.24) is 0 Å². The molecule has 0 fully saturated rings. The second kappa shape index (κ2) is 5.05. The fourth-order valence-corrected chi connectivity index (χ4v) is 3.76. The summed E-state index contributed by atoms with van der Waals surface area (Å²) >= 11 is 3.87. The molecule has 1 atom stereocenters. The monoisotopic (exact) mass is 304 g/mol. The van der Waals surface area contributed by atoms with Gasteiger partial charge in [-0.3, -0.25) is 0 Å². The molecule has 0 amide bonds. The molecule has 2 rings (SSSR count). The highest BCUT2D eigenvalue weighted by Gasteiger charge is 2.19. The zero-order valence-electron chi connectivity index (χ0n) is 11.6. The minimum absolute atomic E-state index is 0.333. The number of alkyl halides is 1. The molecule has 0 aliphatic rings. The SMILES string of the molecule is Cc1ccc(C(Br)CC(C)(C)C)c2ccccc12. The van der Waals surface area contributed by atoms with Crippen LogP contribution in [0.2, 0.25) is 0 Å². The van der Waals surface area contributed by atoms with Crippen molar-refractivity contribution in [1.29, 1.82) is 0 Å². The lowest BCUT2D eigenvalue weighted by Gasteiger charge is -2.23. The van der Waals surface area contributed by atoms with E-state index in [-0.39, 0.29) is 0 Å². The van der Waals surface area contributed by atoms with E-state index in [1.54, 1.807) is 0 Å². The predicted molar refractivity (Wildman–Crippen MR) is 84.4 cm³/mol. The Morgan fingerprint density at radius 3 is 2.22 bits per heavy atom. The van der Waals surface area contributed by atoms with Crippen molar-refractivity contribution in [2.45, 2.75) is 38.9 Å². The molecule has 2 aromatic carbocycles. The summed E-state index contributed by atoms with van der Waals surface area (Å²) in [6, 6.07) is 13.2. The Bertz CT molecular complexity index is 549. The Morgan fingerprint density at radius 1 is 1.00 bits per heavy atom. The summed E-state index contributed by atoms with van der Waals surface area (Å²) in [5, 5.41) is 2.75. The van der Waals surface area contributed by atoms with Gasteiger partial charge in [-0.25, -0.2) is 0 Å². The summed E-state index contributed by atoms with van der Waals surface area (Å²) in [5.74, 6) is 0. The molecule has 2 aromatic rings. The molecule has 0 aromatic heterocycles. The third-order valence-electron chi connectivity index (χ3n) is 3.30. The lowest BCUT2D eigenvalue weighted by Crippen LogP contribution is -2.08. The minimum atomic E-state index is 0.333. The molecule has 0 nitrogen and oxygen atoms in total. The molecule has 0 aliphatic heterocycles. The molecule has 1 unspecified atom stereocenters. The van der Waals surface area contributed by atoms with Crippen LogP contribution in [-0.2, 0) is 0 Å². The summed E-state index contributed by atoms with van der Waals surface area (Å²) < 4.78 is 0. The number of hydrogen-bond donors (Lipinski definition) is 0. The van der Waals surface area contributed by atoms with Gasteiger partial charge >= 0.3 is 0 Å². The van der Waals surface area contributed by atoms with Crippen molar-refractivity contribution in [3.63, 3.8) is 0 Å². The largest absolute Gasteiger partial charge is 0.0838 e. The molecular weight excluding hydrogens is 284 g/mol. The molecule has 18 heavy (non-hydrogen) atoms. The van der Waals surface area contributed by atoms with E-state index < -0.39 is 0 Å². The van der Waals surface area contributed by atoms with Crippen LogP contribution in [0.5, 0.6) is 0 Å². The van der Waals surface area contributed by atoms with Crippen LogP contribution in [-0.4, -0.2) is 0 Å². The fourth-order valence-electron chi connectivity index (χ4n) is 2.39. The normalized spacial score (nSPS) is 13.8. The van der Waals surface area contributed by atoms with Crippen LogP contribution in [0.4, 0.5) is 0 Å². The second-order valence-corrected chi connectivity index (χ2v) is 7.35. The average molecular weight is 305 g/mol. The third-order valence-corrected chi connectivity index (χ3v) is 4.12. The van der Waals surface area contributed by atoms with Gasteiger partial charge in [0.05, 0.1) is 0 Å². The molecule has 0 spiro atoms. The zero-order valence-corrected chi connectivity index (χ0v) is 13.2. The maximum atomic E-state index is 3.87. The van der Waals surface area contributed by atoms with Gasteiger partial charge in [-0.15, -0.1) is 0 Å². The standard InChI is InChI=1S/C17H21Br/c1-12-9-10-15(16(18)11-17(2,3)4)14-8-6-5-7-13(12)14/h5-10,16H,11H2,1-4H3. The van der Waals surface area contributed by atoms with Gasteiger partial charge in [0, 0.05) is 4.83 Å². The van der Waals surface area contributed by atoms with Crippen LogP contribution in [0, 0.1) is 12.3 Å². The van der Waals surface area contributed by atoms with Crippen molar-refractivity contribution in [3.8, 4) is 0 Å². The van der Waals surface area contributed by atoms with E-state index in [9.17, 15) is 0 Å². The second-order valence-electron chi connectivity index (χ2n) is 6.25. The highest BCUT2D eigenvalue weighted by Crippen LogP contribution is 2.39. The Kier molecular flexibility index (Phi) is 3.82. The first-order chi connectivity index (χ1) is 8.38. The molecule has 0 aliphatic carbocycles. The molecule has 0 saturated carbocycles. The highest BCUT2D eigenvalue weighted by atomic mass is 79.9. The Morgan fingerprint density at radius 2 is 1.61 bits per heavy atom. The molecule has 0 heterocycles. The van der Waals surface area contributed by atoms with Crippen LogP contribution < -0.4 is 0 Å². The number of rotatable bonds is 2. The average Bonchev–Trinajstić information content (AvgIpc) is 2.27. The van der Waals surface area contributed by atoms with E-state index in [1.807, 2.05) is 0 Å². The first kappa shape index (κ1) is 13.6. The van der Waals surface area contributed by atoms with Crippen LogP contribution in [0.1, 0.15) is 43.1 Å². The van der Waals surface area contributed by atoms with E-state index in [0.29, 0.717) is 10.2 Å². The number of benzene rings is 2. The zero-order chi connectivity index (χ0) is 13.3. The van der Waals surface area contributed by atoms with Crippen LogP contribution >= 0.6 is 15.9 Å². The highest BCUT2D eigenvalue weighted by molar-refractivity contribution is 9.09. The lowest BCUT2D eigenvalue weighted by atomic mass is 9.87. The topological polar surface area (TPSA) is 0 Å². The van der Waals surface area contributed by atoms with Gasteiger partial charge in [-0.2, -0.15) is 0 Å². The van der Waals surface area contributed by atoms with Crippen molar-refractivity contribution in [2.75, 3.05) is 0 Å². The van der Waals surface area contributed by atoms with Crippen molar-refractivity contribution >= 4 is 26.7 Å². The Labute approximate surface area is 119 Å². The van der Waals surface area contributed by atoms with Gasteiger partial charge in [0.25, 0.3) is 0 Å². The van der Waals surface area contributed by atoms with Crippen molar-refractivity contribution in [2.24, 2.45) is 5.41 Å². The molecule has 0 radical (unpaired) electrons. The first-order valence-electron chi connectivity index (χ1n) is 6.51. The number of aryl methyl sites for hydroxylation is 1. The number of hydrogen-bond acceptors (Lipinski definition) is 0. The van der Waals surface area contributed by atoms with E-state index in [0.717, 1.165) is 6.42 Å². The number of fused-ring (bicyclic) bond motifs is 1. The van der Waals surface area contributed by atoms with Gasteiger partial charge in [0.15, 0.2) is 0 Å². The van der Waals surface area contributed by atoms with Crippen LogP contribution in [0.25, 0.3) is 10.8 Å². The maximum absolute atomic E-state index is 3.87. The van der Waals surface area contributed by atoms with Gasteiger partial charge in [-0.05, 0) is 40.7 Å². The van der Waals surface area contributed by atoms with E-state index in [4.69, 9.17) is 0 Å². The molecule has 0 saturated heterocycles. The molecule has 1 heteroatoms. The minimum Gasteiger partial charge on any atom is -0.0838 e. The molecular formula is C17H21Br. The number of halogens is 1. The van der Waals surface area contributed by atoms with Gasteiger partial charge in [0.1, 0.15) is 0 Å². The van der Waals surface area contributed by atoms with E-state index in [1.165, 1.54) is 21.9 Å². The van der Waals surface area contributed by atoms with E-state index >= 15 is 0 Å². The van der Waals surface area contributed by atoms with Crippen LogP contribution in [0.3, 0.4) is 0 Å². The summed E-state index contributed by atoms with van der Waals surface area (Å²) in [6.07, 6.45) is 1.14. The van der Waals surface area contributed by atoms with Gasteiger partial charge < -0.3 is 0 Å². The molecule has 96 valence electrons. The molecule has 0 N–H and O–H groups in total. The Balaban J connectivity index is 2.49. The van der Waals surface area contributed by atoms with Gasteiger partial charge in [-0.1, -0.05) is 73.1 Å². The quantitative estimate of drug-likeness (QED) is 0.595. The van der Waals surface area contributed by atoms with Crippen LogP contribution in [0.15, 0.2) is 36.4 Å². The van der Waals surface area contributed by atoms with Gasteiger partial charge in [0.2, 0.25) is 0 Å². The van der Waals surface area contributed by atoms with Crippen molar-refractivity contribution in [3.05, 3.63) is 47.5 Å². The predicted octanol–water partition coefficient (Wildman–Crippen LogP) is 6.02. The smallest absolute Gasteiger partial charge is 0.0406 e. The summed E-state index contributed by atoms with van der Waals surface area (Å²) in [6.45, 7) is 9.05. The first-order valence-corrected chi connectivity index (χ1v) is 7.42. The summed E-state index contributed by atoms with van der Waals surface area (Å²) in [7, 11) is 0. The fraction of sp³-hybridized carbons (Fsp3) is 0.412. The lowest BCUT2D eigenvalue weighted by molar-refractivity contribution is 0.377. The summed E-state index contributed by atoms with van der Waals surface area (Å²) in [4.78, 5) is 0.419. The van der Waals surface area contributed by atoms with E-state index in [2.05, 4.69) is 80.0 Å². The maximum Gasteiger partial charge on any atom is 0.0406 e. The molecule has 0 bridgehead atoms. The third kappa shape index (κ3) is 2.95. The van der Waals surface area contributed by atoms with Crippen molar-refractivity contribution < 1.29 is 0 Å².